The van der Waals surface area contributed by atoms with Gasteiger partial charge in [-0.3, -0.25) is 9.59 Å². The minimum Gasteiger partial charge on any atom is -0.489 e. The smallest absolute Gasteiger partial charge is 0.245 e. The zero-order valence-electron chi connectivity index (χ0n) is 18.5. The summed E-state index contributed by atoms with van der Waals surface area (Å²) in [5, 5.41) is 5.14. The summed E-state index contributed by atoms with van der Waals surface area (Å²) in [4.78, 5) is 26.6. The van der Waals surface area contributed by atoms with E-state index in [1.54, 1.807) is 29.2 Å². The summed E-state index contributed by atoms with van der Waals surface area (Å²) in [5.74, 6) is -0.209. The summed E-state index contributed by atoms with van der Waals surface area (Å²) in [5.41, 5.74) is 5.90. The average molecular weight is 496 g/mol. The number of hydrogen-bond acceptors (Lipinski definition) is 4. The van der Waals surface area contributed by atoms with E-state index in [9.17, 15) is 9.59 Å². The van der Waals surface area contributed by atoms with Gasteiger partial charge in [-0.05, 0) is 48.9 Å². The van der Waals surface area contributed by atoms with E-state index in [2.05, 4.69) is 10.5 Å². The minimum absolute atomic E-state index is 0.0727. The normalized spacial score (nSPS) is 15.7. The number of halogens is 2. The lowest BCUT2D eigenvalue weighted by atomic mass is 10.1. The van der Waals surface area contributed by atoms with Crippen LogP contribution in [0.2, 0.25) is 10.0 Å². The monoisotopic (exact) mass is 495 g/mol. The lowest BCUT2D eigenvalue weighted by Crippen LogP contribution is -2.30. The van der Waals surface area contributed by atoms with Crippen molar-refractivity contribution in [3.63, 3.8) is 0 Å². The number of carbonyl (C=O) groups is 2. The molecule has 1 aliphatic rings. The van der Waals surface area contributed by atoms with Crippen molar-refractivity contribution in [2.75, 3.05) is 11.4 Å². The molecule has 0 bridgehead atoms. The Morgan fingerprint density at radius 2 is 1.82 bits per heavy atom. The first-order valence-electron chi connectivity index (χ1n) is 10.8. The fraction of sp³-hybridized carbons (Fsp3) is 0.192. The SMILES string of the molecule is Cc1ccc(N2C[C@@H](C(=O)N/N=C/c3cccc(OCc4c(Cl)cccc4Cl)c3)CC2=O)cc1. The van der Waals surface area contributed by atoms with Crippen LogP contribution in [-0.4, -0.2) is 24.6 Å². The van der Waals surface area contributed by atoms with E-state index in [4.69, 9.17) is 27.9 Å². The molecule has 1 heterocycles. The van der Waals surface area contributed by atoms with Crippen LogP contribution in [0.1, 0.15) is 23.1 Å². The standard InChI is InChI=1S/C26H23Cl2N3O3/c1-17-8-10-20(11-9-17)31-15-19(13-25(31)32)26(33)30-29-14-18-4-2-5-21(12-18)34-16-22-23(27)6-3-7-24(22)28/h2-12,14,19H,13,15-16H2,1H3,(H,30,33)/b29-14+/t19-/m0/s1. The zero-order chi connectivity index (χ0) is 24.1. The van der Waals surface area contributed by atoms with Crippen molar-refractivity contribution >= 4 is 46.9 Å². The molecule has 0 unspecified atom stereocenters. The van der Waals surface area contributed by atoms with Crippen LogP contribution < -0.4 is 15.1 Å². The van der Waals surface area contributed by atoms with E-state index in [-0.39, 0.29) is 24.8 Å². The molecule has 34 heavy (non-hydrogen) atoms. The van der Waals surface area contributed by atoms with Crippen LogP contribution in [0.15, 0.2) is 71.8 Å². The highest BCUT2D eigenvalue weighted by Crippen LogP contribution is 2.27. The van der Waals surface area contributed by atoms with Gasteiger partial charge in [-0.25, -0.2) is 5.43 Å². The third kappa shape index (κ3) is 5.76. The Hall–Kier alpha value is -3.35. The van der Waals surface area contributed by atoms with Crippen LogP contribution in [0.3, 0.4) is 0 Å². The molecule has 3 aromatic carbocycles. The second-order valence-electron chi connectivity index (χ2n) is 8.04. The van der Waals surface area contributed by atoms with Crippen molar-refractivity contribution in [2.45, 2.75) is 20.0 Å². The van der Waals surface area contributed by atoms with Gasteiger partial charge in [-0.2, -0.15) is 5.10 Å². The fourth-order valence-electron chi connectivity index (χ4n) is 3.63. The third-order valence-corrected chi connectivity index (χ3v) is 6.24. The summed E-state index contributed by atoms with van der Waals surface area (Å²) in [6.07, 6.45) is 1.69. The molecule has 0 aliphatic carbocycles. The minimum atomic E-state index is -0.457. The van der Waals surface area contributed by atoms with Gasteiger partial charge < -0.3 is 9.64 Å². The van der Waals surface area contributed by atoms with Gasteiger partial charge in [0.05, 0.1) is 12.1 Å². The first-order chi connectivity index (χ1) is 16.4. The maximum atomic E-state index is 12.5. The van der Waals surface area contributed by atoms with Crippen molar-refractivity contribution in [3.8, 4) is 5.75 Å². The number of nitrogens with zero attached hydrogens (tertiary/aromatic N) is 2. The maximum Gasteiger partial charge on any atom is 0.245 e. The van der Waals surface area contributed by atoms with E-state index in [0.29, 0.717) is 27.9 Å². The van der Waals surface area contributed by atoms with Crippen molar-refractivity contribution in [1.29, 1.82) is 0 Å². The Kier molecular flexibility index (Phi) is 7.50. The molecule has 0 saturated carbocycles. The van der Waals surface area contributed by atoms with Gasteiger partial charge in [0, 0.05) is 34.3 Å². The molecule has 1 atom stereocenters. The quantitative estimate of drug-likeness (QED) is 0.353. The first kappa shape index (κ1) is 23.8. The molecule has 1 fully saturated rings. The number of aryl methyl sites for hydroxylation is 1. The topological polar surface area (TPSA) is 71.0 Å². The van der Waals surface area contributed by atoms with Gasteiger partial charge in [-0.15, -0.1) is 0 Å². The van der Waals surface area contributed by atoms with E-state index >= 15 is 0 Å². The van der Waals surface area contributed by atoms with Gasteiger partial charge in [0.1, 0.15) is 12.4 Å². The van der Waals surface area contributed by atoms with Crippen molar-refractivity contribution in [1.82, 2.24) is 5.43 Å². The summed E-state index contributed by atoms with van der Waals surface area (Å²) in [6.45, 7) is 2.54. The molecular formula is C26H23Cl2N3O3. The van der Waals surface area contributed by atoms with E-state index < -0.39 is 5.92 Å². The number of carbonyl (C=O) groups excluding carboxylic acids is 2. The maximum absolute atomic E-state index is 12.5. The second-order valence-corrected chi connectivity index (χ2v) is 8.85. The Morgan fingerprint density at radius 1 is 1.12 bits per heavy atom. The molecule has 1 saturated heterocycles. The van der Waals surface area contributed by atoms with Gasteiger partial charge in [0.15, 0.2) is 0 Å². The lowest BCUT2D eigenvalue weighted by Gasteiger charge is -2.16. The molecule has 0 radical (unpaired) electrons. The number of hydrogen-bond donors (Lipinski definition) is 1. The van der Waals surface area contributed by atoms with E-state index in [0.717, 1.165) is 16.8 Å². The summed E-state index contributed by atoms with van der Waals surface area (Å²) in [6, 6.07) is 20.2. The third-order valence-electron chi connectivity index (χ3n) is 5.53. The number of amides is 2. The summed E-state index contributed by atoms with van der Waals surface area (Å²) >= 11 is 12.4. The first-order valence-corrected chi connectivity index (χ1v) is 11.5. The van der Waals surface area contributed by atoms with Gasteiger partial charge in [-0.1, -0.05) is 59.1 Å². The summed E-state index contributed by atoms with van der Waals surface area (Å²) < 4.78 is 5.82. The van der Waals surface area contributed by atoms with Crippen molar-refractivity contribution in [3.05, 3.63) is 93.5 Å². The Bertz CT molecular complexity index is 1210. The molecule has 2 amide bonds. The Morgan fingerprint density at radius 3 is 2.56 bits per heavy atom. The van der Waals surface area contributed by atoms with Crippen molar-refractivity contribution < 1.29 is 14.3 Å². The van der Waals surface area contributed by atoms with Crippen LogP contribution in [-0.2, 0) is 16.2 Å². The summed E-state index contributed by atoms with van der Waals surface area (Å²) in [7, 11) is 0. The highest BCUT2D eigenvalue weighted by atomic mass is 35.5. The van der Waals surface area contributed by atoms with Gasteiger partial charge >= 0.3 is 0 Å². The molecule has 1 aliphatic heterocycles. The molecule has 4 rings (SSSR count). The Labute approximate surface area is 208 Å². The molecule has 1 N–H and O–H groups in total. The van der Waals surface area contributed by atoms with Crippen LogP contribution in [0.4, 0.5) is 5.69 Å². The molecular weight excluding hydrogens is 473 g/mol. The predicted octanol–water partition coefficient (Wildman–Crippen LogP) is 5.38. The lowest BCUT2D eigenvalue weighted by molar-refractivity contribution is -0.126. The molecule has 0 spiro atoms. The van der Waals surface area contributed by atoms with Crippen LogP contribution in [0, 0.1) is 12.8 Å². The molecule has 8 heteroatoms. The van der Waals surface area contributed by atoms with Gasteiger partial charge in [0.2, 0.25) is 11.8 Å². The van der Waals surface area contributed by atoms with Gasteiger partial charge in [0.25, 0.3) is 0 Å². The van der Waals surface area contributed by atoms with E-state index in [1.807, 2.05) is 49.4 Å². The molecule has 0 aromatic heterocycles. The number of rotatable bonds is 7. The van der Waals surface area contributed by atoms with Crippen LogP contribution in [0.25, 0.3) is 0 Å². The average Bonchev–Trinajstić information content (AvgIpc) is 3.21. The van der Waals surface area contributed by atoms with Crippen LogP contribution >= 0.6 is 23.2 Å². The number of hydrazone groups is 1. The molecule has 3 aromatic rings. The molecule has 6 nitrogen and oxygen atoms in total. The number of benzene rings is 3. The number of ether oxygens (including phenoxy) is 1. The number of nitrogens with one attached hydrogen (secondary N) is 1. The van der Waals surface area contributed by atoms with E-state index in [1.165, 1.54) is 6.21 Å². The molecule has 174 valence electrons. The Balaban J connectivity index is 1.32. The predicted molar refractivity (Wildman–Crippen MR) is 135 cm³/mol. The fourth-order valence-corrected chi connectivity index (χ4v) is 4.14. The zero-order valence-corrected chi connectivity index (χ0v) is 20.0. The second kappa shape index (κ2) is 10.7. The highest BCUT2D eigenvalue weighted by Gasteiger charge is 2.35. The number of anilines is 1. The van der Waals surface area contributed by atoms with Crippen LogP contribution in [0.5, 0.6) is 5.75 Å². The largest absolute Gasteiger partial charge is 0.489 e. The van der Waals surface area contributed by atoms with Crippen molar-refractivity contribution in [2.24, 2.45) is 11.0 Å². The highest BCUT2D eigenvalue weighted by molar-refractivity contribution is 6.35.